The third-order valence-electron chi connectivity index (χ3n) is 4.80. The Bertz CT molecular complexity index is 1320. The summed E-state index contributed by atoms with van der Waals surface area (Å²) in [6.07, 6.45) is 1.73. The van der Waals surface area contributed by atoms with E-state index in [1.807, 2.05) is 73.7 Å². The molecule has 28 heavy (non-hydrogen) atoms. The molecule has 0 saturated carbocycles. The van der Waals surface area contributed by atoms with E-state index in [1.165, 1.54) is 0 Å². The van der Waals surface area contributed by atoms with Gasteiger partial charge in [-0.15, -0.1) is 0 Å². The van der Waals surface area contributed by atoms with Crippen molar-refractivity contribution in [1.29, 1.82) is 0 Å². The lowest BCUT2D eigenvalue weighted by Gasteiger charge is -2.08. The van der Waals surface area contributed by atoms with Crippen LogP contribution in [0.3, 0.4) is 0 Å². The van der Waals surface area contributed by atoms with Gasteiger partial charge in [0.2, 0.25) is 0 Å². The minimum absolute atomic E-state index is 0.170. The van der Waals surface area contributed by atoms with E-state index in [2.05, 4.69) is 25.1 Å². The molecular weight excluding hydrogens is 350 g/mol. The fourth-order valence-electron chi connectivity index (χ4n) is 3.47. The second kappa shape index (κ2) is 6.35. The zero-order chi connectivity index (χ0) is 19.1. The van der Waals surface area contributed by atoms with Crippen molar-refractivity contribution in [3.8, 4) is 5.69 Å². The summed E-state index contributed by atoms with van der Waals surface area (Å²) in [6, 6.07) is 21.3. The molecule has 6 nitrogen and oxygen atoms in total. The Morgan fingerprint density at radius 3 is 2.75 bits per heavy atom. The van der Waals surface area contributed by atoms with Gasteiger partial charge in [-0.1, -0.05) is 18.2 Å². The molecule has 0 spiro atoms. The highest BCUT2D eigenvalue weighted by molar-refractivity contribution is 6.06. The third-order valence-corrected chi connectivity index (χ3v) is 4.80. The summed E-state index contributed by atoms with van der Waals surface area (Å²) in [6.45, 7) is 1.97. The maximum absolute atomic E-state index is 12.7. The molecule has 0 aliphatic carbocycles. The van der Waals surface area contributed by atoms with E-state index in [9.17, 15) is 4.79 Å². The second-order valence-electron chi connectivity index (χ2n) is 6.66. The predicted octanol–water partition coefficient (Wildman–Crippen LogP) is 4.46. The third kappa shape index (κ3) is 2.72. The number of anilines is 1. The Labute approximate surface area is 160 Å². The van der Waals surface area contributed by atoms with Crippen molar-refractivity contribution in [3.63, 3.8) is 0 Å². The van der Waals surface area contributed by atoms with Crippen molar-refractivity contribution < 1.29 is 4.79 Å². The van der Waals surface area contributed by atoms with Crippen molar-refractivity contribution in [3.05, 3.63) is 84.3 Å². The normalized spacial score (nSPS) is 11.2. The molecule has 5 rings (SSSR count). The van der Waals surface area contributed by atoms with Crippen LogP contribution in [-0.4, -0.2) is 25.7 Å². The monoisotopic (exact) mass is 367 g/mol. The van der Waals surface area contributed by atoms with E-state index in [4.69, 9.17) is 0 Å². The van der Waals surface area contributed by atoms with Gasteiger partial charge in [-0.2, -0.15) is 5.10 Å². The first-order chi connectivity index (χ1) is 13.7. The van der Waals surface area contributed by atoms with Crippen LogP contribution in [0.2, 0.25) is 0 Å². The molecule has 0 aliphatic rings. The average molecular weight is 367 g/mol. The molecule has 0 radical (unpaired) electrons. The summed E-state index contributed by atoms with van der Waals surface area (Å²) in [5.74, 6) is 0.709. The van der Waals surface area contributed by atoms with E-state index >= 15 is 0 Å². The SMILES string of the molecule is Cc1nc2cc(C(=O)Nc3ccc4[nH]ncc4c3)ccc2n1-c1ccccc1. The minimum atomic E-state index is -0.170. The summed E-state index contributed by atoms with van der Waals surface area (Å²) in [4.78, 5) is 17.4. The highest BCUT2D eigenvalue weighted by Gasteiger charge is 2.13. The topological polar surface area (TPSA) is 75.6 Å². The Hall–Kier alpha value is -3.93. The molecule has 0 aliphatic heterocycles. The standard InChI is InChI=1S/C22H17N5O/c1-14-24-20-12-15(7-10-21(20)27(14)18-5-3-2-4-6-18)22(28)25-17-8-9-19-16(11-17)13-23-26-19/h2-13H,1H3,(H,23,26)(H,25,28). The number of H-pyrrole nitrogens is 1. The van der Waals surface area contributed by atoms with Crippen LogP contribution in [0.15, 0.2) is 72.9 Å². The van der Waals surface area contributed by atoms with Gasteiger partial charge in [-0.05, 0) is 55.5 Å². The summed E-state index contributed by atoms with van der Waals surface area (Å²) >= 11 is 0. The van der Waals surface area contributed by atoms with Gasteiger partial charge in [0, 0.05) is 22.3 Å². The molecule has 0 unspecified atom stereocenters. The van der Waals surface area contributed by atoms with Gasteiger partial charge >= 0.3 is 0 Å². The Morgan fingerprint density at radius 1 is 1.04 bits per heavy atom. The molecule has 2 N–H and O–H groups in total. The molecular formula is C22H17N5O. The summed E-state index contributed by atoms with van der Waals surface area (Å²) < 4.78 is 2.09. The van der Waals surface area contributed by atoms with Gasteiger partial charge < -0.3 is 5.32 Å². The average Bonchev–Trinajstić information content (AvgIpc) is 3.30. The molecule has 2 aromatic heterocycles. The van der Waals surface area contributed by atoms with Crippen LogP contribution >= 0.6 is 0 Å². The van der Waals surface area contributed by atoms with Gasteiger partial charge in [0.05, 0.1) is 22.7 Å². The Balaban J connectivity index is 1.48. The van der Waals surface area contributed by atoms with Gasteiger partial charge in [-0.25, -0.2) is 4.98 Å². The molecule has 0 atom stereocenters. The first-order valence-corrected chi connectivity index (χ1v) is 8.98. The van der Waals surface area contributed by atoms with Gasteiger partial charge in [0.25, 0.3) is 5.91 Å². The quantitative estimate of drug-likeness (QED) is 0.494. The molecule has 6 heteroatoms. The first kappa shape index (κ1) is 16.3. The molecule has 2 heterocycles. The van der Waals surface area contributed by atoms with Crippen molar-refractivity contribution >= 4 is 33.5 Å². The van der Waals surface area contributed by atoms with E-state index in [1.54, 1.807) is 6.20 Å². The number of carbonyl (C=O) groups excluding carboxylic acids is 1. The van der Waals surface area contributed by atoms with E-state index in [-0.39, 0.29) is 5.91 Å². The zero-order valence-electron chi connectivity index (χ0n) is 15.2. The highest BCUT2D eigenvalue weighted by Crippen LogP contribution is 2.23. The maximum Gasteiger partial charge on any atom is 0.255 e. The van der Waals surface area contributed by atoms with Crippen LogP contribution in [0.4, 0.5) is 5.69 Å². The number of rotatable bonds is 3. The number of aromatic nitrogens is 4. The molecule has 0 fully saturated rings. The van der Waals surface area contributed by atoms with Crippen molar-refractivity contribution in [2.45, 2.75) is 6.92 Å². The largest absolute Gasteiger partial charge is 0.322 e. The maximum atomic E-state index is 12.7. The van der Waals surface area contributed by atoms with Crippen LogP contribution in [0.1, 0.15) is 16.2 Å². The number of amides is 1. The number of carbonyl (C=O) groups is 1. The van der Waals surface area contributed by atoms with Crippen LogP contribution in [0.5, 0.6) is 0 Å². The molecule has 136 valence electrons. The number of nitrogens with one attached hydrogen (secondary N) is 2. The fraction of sp³-hybridized carbons (Fsp3) is 0.0455. The number of imidazole rings is 1. The van der Waals surface area contributed by atoms with Crippen LogP contribution < -0.4 is 5.32 Å². The summed E-state index contributed by atoms with van der Waals surface area (Å²) in [5.41, 5.74) is 5.04. The van der Waals surface area contributed by atoms with E-state index in [0.29, 0.717) is 5.56 Å². The number of aryl methyl sites for hydroxylation is 1. The van der Waals surface area contributed by atoms with Gasteiger partial charge in [-0.3, -0.25) is 14.5 Å². The number of aromatic amines is 1. The Morgan fingerprint density at radius 2 is 1.89 bits per heavy atom. The highest BCUT2D eigenvalue weighted by atomic mass is 16.1. The summed E-state index contributed by atoms with van der Waals surface area (Å²) in [7, 11) is 0. The molecule has 3 aromatic carbocycles. The first-order valence-electron chi connectivity index (χ1n) is 8.98. The number of benzene rings is 3. The van der Waals surface area contributed by atoms with E-state index in [0.717, 1.165) is 39.1 Å². The van der Waals surface area contributed by atoms with Crippen molar-refractivity contribution in [2.75, 3.05) is 5.32 Å². The van der Waals surface area contributed by atoms with Crippen LogP contribution in [0.25, 0.3) is 27.6 Å². The van der Waals surface area contributed by atoms with Crippen LogP contribution in [0, 0.1) is 6.92 Å². The van der Waals surface area contributed by atoms with Gasteiger partial charge in [0.1, 0.15) is 5.82 Å². The second-order valence-corrected chi connectivity index (χ2v) is 6.66. The number of hydrogen-bond donors (Lipinski definition) is 2. The van der Waals surface area contributed by atoms with Crippen molar-refractivity contribution in [1.82, 2.24) is 19.7 Å². The number of hydrogen-bond acceptors (Lipinski definition) is 3. The van der Waals surface area contributed by atoms with Gasteiger partial charge in [0.15, 0.2) is 0 Å². The smallest absolute Gasteiger partial charge is 0.255 e. The van der Waals surface area contributed by atoms with Crippen LogP contribution in [-0.2, 0) is 0 Å². The fourth-order valence-corrected chi connectivity index (χ4v) is 3.47. The van der Waals surface area contributed by atoms with Crippen molar-refractivity contribution in [2.24, 2.45) is 0 Å². The predicted molar refractivity (Wildman–Crippen MR) is 110 cm³/mol. The number of para-hydroxylation sites is 1. The number of fused-ring (bicyclic) bond motifs is 2. The minimum Gasteiger partial charge on any atom is -0.322 e. The molecule has 1 amide bonds. The molecule has 0 saturated heterocycles. The lowest BCUT2D eigenvalue weighted by Crippen LogP contribution is -2.11. The number of nitrogens with zero attached hydrogens (tertiary/aromatic N) is 3. The summed E-state index contributed by atoms with van der Waals surface area (Å²) in [5, 5.41) is 10.8. The Kier molecular flexibility index (Phi) is 3.69. The lowest BCUT2D eigenvalue weighted by molar-refractivity contribution is 0.102. The van der Waals surface area contributed by atoms with E-state index < -0.39 is 0 Å². The zero-order valence-corrected chi connectivity index (χ0v) is 15.2. The lowest BCUT2D eigenvalue weighted by atomic mass is 10.1. The molecule has 0 bridgehead atoms. The molecule has 5 aromatic rings.